The van der Waals surface area contributed by atoms with Crippen molar-refractivity contribution < 1.29 is 67.0 Å². The Balaban J connectivity index is 1.15. The number of aromatic nitrogens is 4. The Bertz CT molecular complexity index is 1560. The highest BCUT2D eigenvalue weighted by molar-refractivity contribution is 7.61. The molecule has 10 N–H and O–H groups in total. The summed E-state index contributed by atoms with van der Waals surface area (Å²) in [6, 6.07) is 0. The van der Waals surface area contributed by atoms with Gasteiger partial charge in [0, 0.05) is 12.7 Å². The van der Waals surface area contributed by atoms with Crippen LogP contribution in [-0.2, 0) is 36.8 Å². The fourth-order valence-corrected chi connectivity index (χ4v) is 6.80. The van der Waals surface area contributed by atoms with Gasteiger partial charge in [0.15, 0.2) is 23.9 Å². The van der Waals surface area contributed by atoms with Crippen molar-refractivity contribution in [3.05, 3.63) is 36.6 Å². The summed E-state index contributed by atoms with van der Waals surface area (Å²) < 4.78 is 50.9. The van der Waals surface area contributed by atoms with Gasteiger partial charge in [-0.25, -0.2) is 24.1 Å². The Morgan fingerprint density at radius 1 is 0.955 bits per heavy atom. The number of primary amides is 1. The Morgan fingerprint density at radius 2 is 1.55 bits per heavy atom. The molecule has 10 unspecified atom stereocenters. The zero-order chi connectivity index (χ0) is 32.0. The highest BCUT2D eigenvalue weighted by Gasteiger charge is 2.48. The van der Waals surface area contributed by atoms with E-state index in [1.54, 1.807) is 6.08 Å². The first kappa shape index (κ1) is 32.5. The van der Waals surface area contributed by atoms with Gasteiger partial charge in [-0.3, -0.25) is 18.4 Å². The van der Waals surface area contributed by atoms with E-state index in [9.17, 15) is 44.1 Å². The number of carbonyl (C=O) groups excluding carboxylic acids is 1. The largest absolute Gasteiger partial charge is 0.481 e. The molecular formula is C21H29N7O14P2. The third-order valence-corrected chi connectivity index (χ3v) is 9.48. The summed E-state index contributed by atoms with van der Waals surface area (Å²) in [6.07, 6.45) is -5.04. The lowest BCUT2D eigenvalue weighted by molar-refractivity contribution is -0.114. The number of hydrogen-bond donors (Lipinski definition) is 8. The van der Waals surface area contributed by atoms with E-state index in [0.717, 1.165) is 6.33 Å². The summed E-state index contributed by atoms with van der Waals surface area (Å²) in [6.45, 7) is -1.61. The summed E-state index contributed by atoms with van der Waals surface area (Å²) in [4.78, 5) is 44.7. The van der Waals surface area contributed by atoms with Crippen molar-refractivity contribution in [3.63, 3.8) is 0 Å². The second kappa shape index (κ2) is 12.5. The monoisotopic (exact) mass is 665 g/mol. The van der Waals surface area contributed by atoms with E-state index in [2.05, 4.69) is 19.3 Å². The normalized spacial score (nSPS) is 33.3. The van der Waals surface area contributed by atoms with E-state index < -0.39 is 83.8 Å². The fraction of sp³-hybridized carbons (Fsp3) is 0.524. The highest BCUT2D eigenvalue weighted by Crippen LogP contribution is 2.60. The van der Waals surface area contributed by atoms with Crippen molar-refractivity contribution in [2.45, 2.75) is 49.1 Å². The maximum atomic E-state index is 12.4. The average molecular weight is 665 g/mol. The van der Waals surface area contributed by atoms with Crippen LogP contribution in [0.3, 0.4) is 0 Å². The summed E-state index contributed by atoms with van der Waals surface area (Å²) in [5, 5.41) is 41.7. The standard InChI is InChI=1S/C21H29N7O14P2/c22-17-12-19(25-7-24-17)28(8-26-12)21-16(32)14(30)11(41-21)6-39-44(36,37)42-43(34,35)38-5-10-13(29)15(31)20(40-10)27-3-1-2-9(4-27)18(23)33/h1-2,4,7-8,10-11,13-16,20-21,29-32H,3,5-6H2,(H2,23,33)(H,34,35)(H,36,37)(H2,22,24,25). The molecule has 3 aliphatic heterocycles. The van der Waals surface area contributed by atoms with E-state index in [4.69, 9.17) is 30.0 Å². The molecule has 44 heavy (non-hydrogen) atoms. The summed E-state index contributed by atoms with van der Waals surface area (Å²) in [5.41, 5.74) is 11.5. The smallest absolute Gasteiger partial charge is 0.387 e. The van der Waals surface area contributed by atoms with Crippen LogP contribution in [0.1, 0.15) is 6.23 Å². The number of nitrogen functional groups attached to an aromatic ring is 1. The third kappa shape index (κ3) is 6.70. The van der Waals surface area contributed by atoms with E-state index in [-0.39, 0.29) is 29.1 Å². The predicted octanol–water partition coefficient (Wildman–Crippen LogP) is -3.03. The van der Waals surface area contributed by atoms with E-state index in [1.165, 1.54) is 28.1 Å². The van der Waals surface area contributed by atoms with Crippen molar-refractivity contribution in [2.24, 2.45) is 5.73 Å². The van der Waals surface area contributed by atoms with Gasteiger partial charge < -0.3 is 56.1 Å². The number of fused-ring (bicyclic) bond motifs is 1. The van der Waals surface area contributed by atoms with Gasteiger partial charge in [-0.15, -0.1) is 0 Å². The molecule has 23 heteroatoms. The molecule has 0 bridgehead atoms. The molecule has 0 aliphatic carbocycles. The van der Waals surface area contributed by atoms with Crippen molar-refractivity contribution in [1.82, 2.24) is 24.4 Å². The number of phosphoric ester groups is 2. The van der Waals surface area contributed by atoms with Gasteiger partial charge in [-0.05, 0) is 0 Å². The minimum atomic E-state index is -5.36. The number of carbonyl (C=O) groups is 1. The van der Waals surface area contributed by atoms with Crippen LogP contribution in [0.5, 0.6) is 0 Å². The molecule has 1 amide bonds. The lowest BCUT2D eigenvalue weighted by Gasteiger charge is -2.30. The Kier molecular flexibility index (Phi) is 9.23. The lowest BCUT2D eigenvalue weighted by atomic mass is 10.1. The first-order valence-electron chi connectivity index (χ1n) is 12.7. The van der Waals surface area contributed by atoms with Gasteiger partial charge in [0.25, 0.3) is 0 Å². The number of aliphatic hydroxyl groups is 4. The molecule has 2 aromatic rings. The number of imidazole rings is 1. The summed E-state index contributed by atoms with van der Waals surface area (Å²) >= 11 is 0. The minimum absolute atomic E-state index is 0.0519. The molecule has 5 rings (SSSR count). The van der Waals surface area contributed by atoms with Crippen LogP contribution in [-0.4, -0.2) is 123 Å². The second-order valence-electron chi connectivity index (χ2n) is 9.83. The number of nitrogens with zero attached hydrogens (tertiary/aromatic N) is 5. The van der Waals surface area contributed by atoms with Crippen LogP contribution in [0.4, 0.5) is 5.82 Å². The Morgan fingerprint density at radius 3 is 2.16 bits per heavy atom. The van der Waals surface area contributed by atoms with Crippen molar-refractivity contribution in [3.8, 4) is 0 Å². The quantitative estimate of drug-likeness (QED) is 0.111. The van der Waals surface area contributed by atoms with Crippen LogP contribution in [0.15, 0.2) is 36.6 Å². The zero-order valence-electron chi connectivity index (χ0n) is 22.4. The molecule has 5 heterocycles. The van der Waals surface area contributed by atoms with E-state index in [1.807, 2.05) is 0 Å². The molecule has 2 fully saturated rings. The summed E-state index contributed by atoms with van der Waals surface area (Å²) in [5.74, 6) is -0.693. The zero-order valence-corrected chi connectivity index (χ0v) is 24.2. The summed E-state index contributed by atoms with van der Waals surface area (Å²) in [7, 11) is -10.7. The molecule has 2 aromatic heterocycles. The molecule has 0 saturated carbocycles. The van der Waals surface area contributed by atoms with Crippen molar-refractivity contribution in [2.75, 3.05) is 25.5 Å². The molecule has 2 saturated heterocycles. The van der Waals surface area contributed by atoms with Crippen LogP contribution >= 0.6 is 15.6 Å². The molecular weight excluding hydrogens is 636 g/mol. The molecule has 0 spiro atoms. The van der Waals surface area contributed by atoms with Crippen LogP contribution in [0.25, 0.3) is 11.2 Å². The molecule has 0 aromatic carbocycles. The fourth-order valence-electron chi connectivity index (χ4n) is 4.71. The topological polar surface area (TPSA) is 318 Å². The molecule has 3 aliphatic rings. The third-order valence-electron chi connectivity index (χ3n) is 6.88. The maximum absolute atomic E-state index is 12.4. The number of anilines is 1. The van der Waals surface area contributed by atoms with E-state index >= 15 is 0 Å². The number of aliphatic hydroxyl groups excluding tert-OH is 4. The Hall–Kier alpha value is -2.88. The first-order chi connectivity index (χ1) is 20.7. The number of phosphoric acid groups is 2. The Labute approximate surface area is 247 Å². The van der Waals surface area contributed by atoms with Gasteiger partial charge in [0.2, 0.25) is 5.91 Å². The number of hydrogen-bond acceptors (Lipinski definition) is 17. The molecule has 0 radical (unpaired) electrons. The number of ether oxygens (including phenoxy) is 2. The number of amides is 1. The van der Waals surface area contributed by atoms with Gasteiger partial charge >= 0.3 is 15.6 Å². The predicted molar refractivity (Wildman–Crippen MR) is 142 cm³/mol. The van der Waals surface area contributed by atoms with Gasteiger partial charge in [0.05, 0.1) is 25.1 Å². The average Bonchev–Trinajstić information content (AvgIpc) is 3.61. The minimum Gasteiger partial charge on any atom is -0.387 e. The lowest BCUT2D eigenvalue weighted by Crippen LogP contribution is -2.42. The second-order valence-corrected chi connectivity index (χ2v) is 12.9. The SMILES string of the molecule is NC(=O)C1=CN(C2OC(COP(=O)(O)OP(=O)(O)OCC3OC(n4cnc5c(N)ncnc54)C(O)C3O)C(O)C2O)CC=C1. The van der Waals surface area contributed by atoms with Crippen LogP contribution in [0.2, 0.25) is 0 Å². The van der Waals surface area contributed by atoms with Crippen LogP contribution < -0.4 is 11.5 Å². The van der Waals surface area contributed by atoms with Gasteiger partial charge in [0.1, 0.15) is 48.5 Å². The number of rotatable bonds is 11. The van der Waals surface area contributed by atoms with E-state index in [0.29, 0.717) is 0 Å². The van der Waals surface area contributed by atoms with Crippen molar-refractivity contribution >= 4 is 38.5 Å². The van der Waals surface area contributed by atoms with Gasteiger partial charge in [-0.1, -0.05) is 12.2 Å². The molecule has 242 valence electrons. The van der Waals surface area contributed by atoms with Gasteiger partial charge in [-0.2, -0.15) is 4.31 Å². The highest BCUT2D eigenvalue weighted by atomic mass is 31.3. The molecule has 21 nitrogen and oxygen atoms in total. The number of nitrogens with two attached hydrogens (primary N) is 2. The van der Waals surface area contributed by atoms with Crippen molar-refractivity contribution in [1.29, 1.82) is 0 Å². The van der Waals surface area contributed by atoms with Crippen LogP contribution in [0, 0.1) is 0 Å². The first-order valence-corrected chi connectivity index (χ1v) is 15.7. The maximum Gasteiger partial charge on any atom is 0.481 e. The molecule has 10 atom stereocenters.